The summed E-state index contributed by atoms with van der Waals surface area (Å²) in [5.74, 6) is 0.202. The molecule has 0 atom stereocenters. The fraction of sp³-hybridized carbons (Fsp3) is 0.300. The van der Waals surface area contributed by atoms with Gasteiger partial charge in [-0.05, 0) is 55.7 Å². The van der Waals surface area contributed by atoms with E-state index in [1.54, 1.807) is 18.2 Å². The summed E-state index contributed by atoms with van der Waals surface area (Å²) in [7, 11) is 3.68. The van der Waals surface area contributed by atoms with Crippen LogP contribution in [-0.2, 0) is 0 Å². The van der Waals surface area contributed by atoms with Crippen LogP contribution < -0.4 is 20.3 Å². The van der Waals surface area contributed by atoms with Gasteiger partial charge in [0, 0.05) is 37.6 Å². The number of anilines is 2. The first-order chi connectivity index (χ1) is 13.1. The summed E-state index contributed by atoms with van der Waals surface area (Å²) in [4.78, 5) is 17.1. The number of carbonyl (C=O) groups excluding carboxylic acids is 1. The second kappa shape index (κ2) is 8.83. The van der Waals surface area contributed by atoms with E-state index in [0.717, 1.165) is 31.9 Å². The highest BCUT2D eigenvalue weighted by molar-refractivity contribution is 7.80. The van der Waals surface area contributed by atoms with Crippen LogP contribution in [0.4, 0.5) is 11.4 Å². The molecule has 1 aliphatic heterocycles. The molecule has 142 valence electrons. The van der Waals surface area contributed by atoms with Gasteiger partial charge in [-0.1, -0.05) is 12.1 Å². The van der Waals surface area contributed by atoms with Crippen molar-refractivity contribution in [2.75, 3.05) is 50.6 Å². The second-order valence-corrected chi connectivity index (χ2v) is 6.85. The van der Waals surface area contributed by atoms with Crippen molar-refractivity contribution in [3.05, 3.63) is 54.1 Å². The lowest BCUT2D eigenvalue weighted by molar-refractivity contribution is 0.0975. The first-order valence-corrected chi connectivity index (χ1v) is 9.26. The molecule has 1 fully saturated rings. The Morgan fingerprint density at radius 1 is 1.04 bits per heavy atom. The summed E-state index contributed by atoms with van der Waals surface area (Å²) >= 11 is 5.26. The summed E-state index contributed by atoms with van der Waals surface area (Å²) in [6.07, 6.45) is 0. The van der Waals surface area contributed by atoms with Crippen LogP contribution in [0.15, 0.2) is 48.5 Å². The van der Waals surface area contributed by atoms with E-state index in [4.69, 9.17) is 17.0 Å². The Morgan fingerprint density at radius 3 is 2.37 bits per heavy atom. The lowest BCUT2D eigenvalue weighted by Gasteiger charge is -2.34. The number of methoxy groups -OCH3 is 1. The van der Waals surface area contributed by atoms with Crippen molar-refractivity contribution in [1.82, 2.24) is 10.2 Å². The van der Waals surface area contributed by atoms with Crippen LogP contribution in [0.2, 0.25) is 0 Å². The Morgan fingerprint density at radius 2 is 1.70 bits per heavy atom. The van der Waals surface area contributed by atoms with E-state index in [-0.39, 0.29) is 11.0 Å². The van der Waals surface area contributed by atoms with Crippen molar-refractivity contribution in [2.45, 2.75) is 0 Å². The van der Waals surface area contributed by atoms with E-state index in [2.05, 4.69) is 39.6 Å². The molecule has 7 heteroatoms. The predicted molar refractivity (Wildman–Crippen MR) is 113 cm³/mol. The normalized spacial score (nSPS) is 14.5. The molecule has 0 unspecified atom stereocenters. The lowest BCUT2D eigenvalue weighted by Crippen LogP contribution is -2.44. The van der Waals surface area contributed by atoms with Crippen LogP contribution in [0, 0.1) is 0 Å². The number of amides is 1. The highest BCUT2D eigenvalue weighted by atomic mass is 32.1. The summed E-state index contributed by atoms with van der Waals surface area (Å²) in [6.45, 7) is 4.19. The van der Waals surface area contributed by atoms with Gasteiger partial charge in [0.15, 0.2) is 5.11 Å². The Kier molecular flexibility index (Phi) is 6.26. The molecular weight excluding hydrogens is 360 g/mol. The third-order valence-corrected chi connectivity index (χ3v) is 4.78. The minimum Gasteiger partial charge on any atom is -0.496 e. The van der Waals surface area contributed by atoms with Gasteiger partial charge < -0.3 is 19.9 Å². The summed E-state index contributed by atoms with van der Waals surface area (Å²) in [5, 5.41) is 5.99. The molecule has 1 heterocycles. The average molecular weight is 385 g/mol. The molecule has 2 N–H and O–H groups in total. The zero-order chi connectivity index (χ0) is 19.2. The van der Waals surface area contributed by atoms with Gasteiger partial charge in [-0.15, -0.1) is 0 Å². The van der Waals surface area contributed by atoms with Crippen molar-refractivity contribution in [3.63, 3.8) is 0 Å². The molecule has 0 aromatic heterocycles. The van der Waals surface area contributed by atoms with Crippen LogP contribution >= 0.6 is 12.2 Å². The number of carbonyl (C=O) groups is 1. The number of nitrogens with zero attached hydrogens (tertiary/aromatic N) is 2. The molecule has 1 amide bonds. The Balaban J connectivity index is 1.57. The maximum Gasteiger partial charge on any atom is 0.261 e. The third kappa shape index (κ3) is 4.96. The van der Waals surface area contributed by atoms with E-state index < -0.39 is 0 Å². The van der Waals surface area contributed by atoms with E-state index in [1.165, 1.54) is 12.8 Å². The number of para-hydroxylation sites is 1. The van der Waals surface area contributed by atoms with Crippen LogP contribution in [-0.4, -0.2) is 56.3 Å². The first-order valence-electron chi connectivity index (χ1n) is 8.86. The average Bonchev–Trinajstić information content (AvgIpc) is 2.69. The van der Waals surface area contributed by atoms with Gasteiger partial charge in [0.05, 0.1) is 12.7 Å². The minimum atomic E-state index is -0.306. The van der Waals surface area contributed by atoms with E-state index in [0.29, 0.717) is 11.3 Å². The van der Waals surface area contributed by atoms with Crippen molar-refractivity contribution >= 4 is 34.6 Å². The maximum atomic E-state index is 12.4. The number of piperazine rings is 1. The minimum absolute atomic E-state index is 0.248. The zero-order valence-electron chi connectivity index (χ0n) is 15.6. The zero-order valence-corrected chi connectivity index (χ0v) is 16.4. The number of hydrogen-bond donors (Lipinski definition) is 2. The van der Waals surface area contributed by atoms with Crippen LogP contribution in [0.1, 0.15) is 10.4 Å². The largest absolute Gasteiger partial charge is 0.496 e. The predicted octanol–water partition coefficient (Wildman–Crippen LogP) is 2.57. The topological polar surface area (TPSA) is 56.8 Å². The molecule has 0 spiro atoms. The molecule has 2 aromatic carbocycles. The van der Waals surface area contributed by atoms with E-state index in [9.17, 15) is 4.79 Å². The molecule has 0 radical (unpaired) electrons. The van der Waals surface area contributed by atoms with Gasteiger partial charge >= 0.3 is 0 Å². The summed E-state index contributed by atoms with van der Waals surface area (Å²) < 4.78 is 5.21. The molecule has 2 aromatic rings. The molecule has 3 rings (SSSR count). The van der Waals surface area contributed by atoms with E-state index >= 15 is 0 Å². The smallest absolute Gasteiger partial charge is 0.261 e. The quantitative estimate of drug-likeness (QED) is 0.791. The molecule has 0 bridgehead atoms. The van der Waals surface area contributed by atoms with Crippen LogP contribution in [0.3, 0.4) is 0 Å². The Hall–Kier alpha value is -2.64. The highest BCUT2D eigenvalue weighted by Crippen LogP contribution is 2.20. The summed E-state index contributed by atoms with van der Waals surface area (Å²) in [5.41, 5.74) is 2.46. The monoisotopic (exact) mass is 384 g/mol. The van der Waals surface area contributed by atoms with Crippen molar-refractivity contribution in [3.8, 4) is 5.75 Å². The number of thiocarbonyl (C=S) groups is 1. The van der Waals surface area contributed by atoms with Crippen molar-refractivity contribution in [1.29, 1.82) is 0 Å². The fourth-order valence-corrected chi connectivity index (χ4v) is 3.20. The third-order valence-electron chi connectivity index (χ3n) is 4.57. The fourth-order valence-electron chi connectivity index (χ4n) is 2.99. The molecule has 27 heavy (non-hydrogen) atoms. The van der Waals surface area contributed by atoms with Crippen molar-refractivity contribution < 1.29 is 9.53 Å². The van der Waals surface area contributed by atoms with Gasteiger partial charge in [-0.2, -0.15) is 0 Å². The lowest BCUT2D eigenvalue weighted by atomic mass is 10.2. The molecule has 1 aliphatic rings. The molecule has 6 nitrogen and oxygen atoms in total. The number of likely N-dealkylation sites (N-methyl/N-ethyl adjacent to an activating group) is 1. The number of ether oxygens (including phenoxy) is 1. The molecule has 0 saturated carbocycles. The Labute approximate surface area is 165 Å². The standard InChI is InChI=1S/C20H24N4O2S/c1-23-11-13-24(14-12-23)16-9-7-15(8-10-16)21-20(27)22-19(25)17-5-3-4-6-18(17)26-2/h3-10H,11-14H2,1-2H3,(H2,21,22,25,27). The van der Waals surface area contributed by atoms with E-state index in [1.807, 2.05) is 18.2 Å². The number of hydrogen-bond acceptors (Lipinski definition) is 5. The van der Waals surface area contributed by atoms with Crippen LogP contribution in [0.25, 0.3) is 0 Å². The highest BCUT2D eigenvalue weighted by Gasteiger charge is 2.15. The molecule has 0 aliphatic carbocycles. The number of nitrogens with one attached hydrogen (secondary N) is 2. The van der Waals surface area contributed by atoms with Crippen LogP contribution in [0.5, 0.6) is 5.75 Å². The van der Waals surface area contributed by atoms with Gasteiger partial charge in [0.2, 0.25) is 0 Å². The van der Waals surface area contributed by atoms with Gasteiger partial charge in [0.25, 0.3) is 5.91 Å². The molecular formula is C20H24N4O2S. The number of rotatable bonds is 4. The van der Waals surface area contributed by atoms with Crippen molar-refractivity contribution in [2.24, 2.45) is 0 Å². The SMILES string of the molecule is COc1ccccc1C(=O)NC(=S)Nc1ccc(N2CCN(C)CC2)cc1. The number of benzene rings is 2. The second-order valence-electron chi connectivity index (χ2n) is 6.45. The maximum absolute atomic E-state index is 12.4. The van der Waals surface area contributed by atoms with Gasteiger partial charge in [-0.25, -0.2) is 0 Å². The van der Waals surface area contributed by atoms with Gasteiger partial charge in [0.1, 0.15) is 5.75 Å². The van der Waals surface area contributed by atoms with Gasteiger partial charge in [-0.3, -0.25) is 10.1 Å². The summed E-state index contributed by atoms with van der Waals surface area (Å²) in [6, 6.07) is 15.1. The first kappa shape index (κ1) is 19.1. The Bertz CT molecular complexity index is 802. The molecule has 1 saturated heterocycles.